The van der Waals surface area contributed by atoms with Crippen LogP contribution >= 0.6 is 0 Å². The molecule has 2 heteroatoms. The molecule has 28 heavy (non-hydrogen) atoms. The number of amides is 1. The number of nitrogens with one attached hydrogen (secondary N) is 1. The Balaban J connectivity index is 1.35. The van der Waals surface area contributed by atoms with E-state index in [1.165, 1.54) is 22.3 Å². The molecule has 1 N–H and O–H groups in total. The van der Waals surface area contributed by atoms with Crippen molar-refractivity contribution >= 4 is 12.0 Å². The average molecular weight is 365 g/mol. The molecular weight excluding hydrogens is 342 g/mol. The van der Waals surface area contributed by atoms with Gasteiger partial charge >= 0.3 is 0 Å². The van der Waals surface area contributed by atoms with Crippen molar-refractivity contribution < 1.29 is 4.79 Å². The zero-order valence-electron chi connectivity index (χ0n) is 15.7. The fraction of sp³-hybridized carbons (Fsp3) is 0.192. The van der Waals surface area contributed by atoms with E-state index in [0.717, 1.165) is 12.0 Å². The van der Waals surface area contributed by atoms with Crippen molar-refractivity contribution in [1.82, 2.24) is 5.32 Å². The molecule has 138 valence electrons. The number of rotatable bonds is 4. The summed E-state index contributed by atoms with van der Waals surface area (Å²) in [6.07, 6.45) is 4.60. The number of carbonyl (C=O) groups excluding carboxylic acids is 1. The van der Waals surface area contributed by atoms with Gasteiger partial charge in [0.25, 0.3) is 0 Å². The Morgan fingerprint density at radius 2 is 1.39 bits per heavy atom. The lowest BCUT2D eigenvalue weighted by Gasteiger charge is -2.45. The molecule has 3 aromatic carbocycles. The Hall–Kier alpha value is -3.13. The second-order valence-corrected chi connectivity index (χ2v) is 7.77. The molecule has 1 amide bonds. The van der Waals surface area contributed by atoms with Crippen LogP contribution in [0.2, 0.25) is 0 Å². The van der Waals surface area contributed by atoms with Crippen LogP contribution in [0.1, 0.15) is 46.1 Å². The highest BCUT2D eigenvalue weighted by Gasteiger charge is 2.42. The van der Waals surface area contributed by atoms with Crippen molar-refractivity contribution in [3.05, 3.63) is 113 Å². The molecule has 1 unspecified atom stereocenters. The molecule has 1 atom stereocenters. The molecule has 2 nitrogen and oxygen atoms in total. The smallest absolute Gasteiger partial charge is 0.244 e. The summed E-state index contributed by atoms with van der Waals surface area (Å²) in [4.78, 5) is 12.4. The van der Waals surface area contributed by atoms with Gasteiger partial charge in [0, 0.05) is 24.5 Å². The fourth-order valence-electron chi connectivity index (χ4n) is 4.99. The van der Waals surface area contributed by atoms with Gasteiger partial charge in [-0.1, -0.05) is 78.9 Å². The summed E-state index contributed by atoms with van der Waals surface area (Å²) in [5.41, 5.74) is 6.86. The highest BCUT2D eigenvalue weighted by molar-refractivity contribution is 5.91. The maximum atomic E-state index is 12.4. The van der Waals surface area contributed by atoms with Crippen molar-refractivity contribution in [2.24, 2.45) is 5.92 Å². The van der Waals surface area contributed by atoms with Gasteiger partial charge in [-0.15, -0.1) is 0 Å². The molecule has 0 radical (unpaired) electrons. The molecule has 0 heterocycles. The van der Waals surface area contributed by atoms with Crippen molar-refractivity contribution in [3.8, 4) is 0 Å². The van der Waals surface area contributed by atoms with Gasteiger partial charge in [0.05, 0.1) is 0 Å². The summed E-state index contributed by atoms with van der Waals surface area (Å²) in [6.45, 7) is 0.710. The van der Waals surface area contributed by atoms with Gasteiger partial charge in [0.1, 0.15) is 0 Å². The van der Waals surface area contributed by atoms with Crippen LogP contribution < -0.4 is 5.32 Å². The van der Waals surface area contributed by atoms with Crippen LogP contribution in [0.15, 0.2) is 84.9 Å². The van der Waals surface area contributed by atoms with Crippen LogP contribution in [-0.4, -0.2) is 12.5 Å². The molecule has 0 saturated carbocycles. The molecule has 3 aromatic rings. The maximum absolute atomic E-state index is 12.4. The summed E-state index contributed by atoms with van der Waals surface area (Å²) in [6, 6.07) is 27.6. The summed E-state index contributed by atoms with van der Waals surface area (Å²) in [5.74, 6) is 1.23. The molecule has 2 bridgehead atoms. The van der Waals surface area contributed by atoms with Crippen molar-refractivity contribution in [1.29, 1.82) is 0 Å². The first kappa shape index (κ1) is 17.0. The predicted octanol–water partition coefficient (Wildman–Crippen LogP) is 5.11. The summed E-state index contributed by atoms with van der Waals surface area (Å²) < 4.78 is 0. The normalized spacial score (nSPS) is 21.9. The van der Waals surface area contributed by atoms with Gasteiger partial charge in [-0.25, -0.2) is 0 Å². The molecule has 0 saturated heterocycles. The van der Waals surface area contributed by atoms with Crippen LogP contribution in [-0.2, 0) is 4.79 Å². The maximum Gasteiger partial charge on any atom is 0.244 e. The lowest BCUT2D eigenvalue weighted by molar-refractivity contribution is -0.116. The van der Waals surface area contributed by atoms with E-state index in [1.54, 1.807) is 6.08 Å². The minimum atomic E-state index is -0.0214. The second kappa shape index (κ2) is 7.12. The number of fused-ring (bicyclic) bond motifs is 1. The minimum absolute atomic E-state index is 0.0214. The van der Waals surface area contributed by atoms with E-state index in [2.05, 4.69) is 53.8 Å². The van der Waals surface area contributed by atoms with Crippen LogP contribution in [0.4, 0.5) is 0 Å². The first-order valence-corrected chi connectivity index (χ1v) is 10.00. The number of hydrogen-bond donors (Lipinski definition) is 1. The predicted molar refractivity (Wildman–Crippen MR) is 113 cm³/mol. The molecule has 6 rings (SSSR count). The fourth-order valence-corrected chi connectivity index (χ4v) is 4.99. The minimum Gasteiger partial charge on any atom is -0.352 e. The third kappa shape index (κ3) is 2.95. The highest BCUT2D eigenvalue weighted by Crippen LogP contribution is 2.55. The van der Waals surface area contributed by atoms with Crippen molar-refractivity contribution in [2.45, 2.75) is 18.3 Å². The molecular formula is C26H23NO. The molecule has 3 aliphatic rings. The van der Waals surface area contributed by atoms with Gasteiger partial charge in [0.2, 0.25) is 5.91 Å². The summed E-state index contributed by atoms with van der Waals surface area (Å²) >= 11 is 0. The third-order valence-corrected chi connectivity index (χ3v) is 6.19. The largest absolute Gasteiger partial charge is 0.352 e. The SMILES string of the molecule is O=C(/C=C/c1ccccc1)NCC1CC2c3ccccc3C1c1ccccc12. The monoisotopic (exact) mass is 365 g/mol. The van der Waals surface area contributed by atoms with Gasteiger partial charge < -0.3 is 5.32 Å². The van der Waals surface area contributed by atoms with Crippen LogP contribution in [0.25, 0.3) is 6.08 Å². The van der Waals surface area contributed by atoms with E-state index < -0.39 is 0 Å². The molecule has 3 aliphatic carbocycles. The molecule has 0 spiro atoms. The Bertz CT molecular complexity index is 990. The van der Waals surface area contributed by atoms with E-state index in [4.69, 9.17) is 0 Å². The number of hydrogen-bond acceptors (Lipinski definition) is 1. The molecule has 0 aliphatic heterocycles. The van der Waals surface area contributed by atoms with Gasteiger partial charge in [-0.3, -0.25) is 4.79 Å². The number of benzene rings is 3. The zero-order valence-corrected chi connectivity index (χ0v) is 15.7. The standard InChI is InChI=1S/C26H23NO/c28-25(15-14-18-8-2-1-3-9-18)27-17-19-16-24-20-10-4-6-12-22(20)26(19)23-13-7-5-11-21(23)24/h1-15,19,24,26H,16-17H2,(H,27,28)/b15-14+. The van der Waals surface area contributed by atoms with Gasteiger partial charge in [-0.2, -0.15) is 0 Å². The van der Waals surface area contributed by atoms with Crippen LogP contribution in [0.5, 0.6) is 0 Å². The molecule has 0 aromatic heterocycles. The highest BCUT2D eigenvalue weighted by atomic mass is 16.1. The third-order valence-electron chi connectivity index (χ3n) is 6.19. The number of carbonyl (C=O) groups is 1. The Kier molecular flexibility index (Phi) is 4.32. The van der Waals surface area contributed by atoms with Crippen LogP contribution in [0.3, 0.4) is 0 Å². The van der Waals surface area contributed by atoms with Crippen molar-refractivity contribution in [2.75, 3.05) is 6.54 Å². The van der Waals surface area contributed by atoms with Crippen molar-refractivity contribution in [3.63, 3.8) is 0 Å². The average Bonchev–Trinajstić information content (AvgIpc) is 2.77. The van der Waals surface area contributed by atoms with Crippen LogP contribution in [0, 0.1) is 5.92 Å². The van der Waals surface area contributed by atoms with E-state index >= 15 is 0 Å². The second-order valence-electron chi connectivity index (χ2n) is 7.77. The summed E-state index contributed by atoms with van der Waals surface area (Å²) in [7, 11) is 0. The van der Waals surface area contributed by atoms with E-state index in [1.807, 2.05) is 36.4 Å². The first-order chi connectivity index (χ1) is 13.8. The van der Waals surface area contributed by atoms with E-state index in [0.29, 0.717) is 24.3 Å². The Morgan fingerprint density at radius 3 is 2.04 bits per heavy atom. The lowest BCUT2D eigenvalue weighted by Crippen LogP contribution is -2.38. The van der Waals surface area contributed by atoms with E-state index in [9.17, 15) is 4.79 Å². The summed E-state index contributed by atoms with van der Waals surface area (Å²) in [5, 5.41) is 3.14. The Morgan fingerprint density at radius 1 is 0.821 bits per heavy atom. The van der Waals surface area contributed by atoms with Gasteiger partial charge in [0.15, 0.2) is 0 Å². The Labute approximate surface area is 165 Å². The topological polar surface area (TPSA) is 29.1 Å². The van der Waals surface area contributed by atoms with E-state index in [-0.39, 0.29) is 5.91 Å². The first-order valence-electron chi connectivity index (χ1n) is 10.00. The zero-order chi connectivity index (χ0) is 18.9. The van der Waals surface area contributed by atoms with Gasteiger partial charge in [-0.05, 0) is 46.2 Å². The molecule has 0 fully saturated rings. The lowest BCUT2D eigenvalue weighted by atomic mass is 9.59. The quantitative estimate of drug-likeness (QED) is 0.639.